The van der Waals surface area contributed by atoms with Crippen molar-refractivity contribution < 1.29 is 14.3 Å². The van der Waals surface area contributed by atoms with E-state index in [1.807, 2.05) is 66.9 Å². The number of ether oxygens (including phenoxy) is 1. The van der Waals surface area contributed by atoms with Crippen LogP contribution in [-0.4, -0.2) is 32.0 Å². The zero-order valence-electron chi connectivity index (χ0n) is 20.9. The van der Waals surface area contributed by atoms with E-state index in [2.05, 4.69) is 34.7 Å². The maximum Gasteiger partial charge on any atom is 0.325 e. The Hall–Kier alpha value is -3.33. The van der Waals surface area contributed by atoms with E-state index in [0.717, 1.165) is 23.3 Å². The molecule has 8 nitrogen and oxygen atoms in total. The first kappa shape index (κ1) is 26.3. The number of hydrogen-bond donors (Lipinski definition) is 2. The molecule has 0 aliphatic rings. The lowest BCUT2D eigenvalue weighted by atomic mass is 10.1. The third kappa shape index (κ3) is 7.85. The van der Waals surface area contributed by atoms with E-state index in [-0.39, 0.29) is 6.61 Å². The van der Waals surface area contributed by atoms with Gasteiger partial charge >= 0.3 is 6.03 Å². The number of benzene rings is 2. The largest absolute Gasteiger partial charge is 0.486 e. The Morgan fingerprint density at radius 3 is 2.49 bits per heavy atom. The monoisotopic (exact) mass is 495 g/mol. The highest BCUT2D eigenvalue weighted by atomic mass is 32.2. The predicted molar refractivity (Wildman–Crippen MR) is 139 cm³/mol. The van der Waals surface area contributed by atoms with E-state index in [4.69, 9.17) is 4.74 Å². The number of amides is 3. The van der Waals surface area contributed by atoms with Crippen molar-refractivity contribution in [2.75, 3.05) is 5.32 Å². The number of para-hydroxylation sites is 1. The van der Waals surface area contributed by atoms with Crippen molar-refractivity contribution in [3.63, 3.8) is 0 Å². The van der Waals surface area contributed by atoms with Crippen LogP contribution in [0.2, 0.25) is 0 Å². The molecule has 0 radical (unpaired) electrons. The van der Waals surface area contributed by atoms with Gasteiger partial charge in [0.2, 0.25) is 5.91 Å². The molecule has 3 rings (SSSR count). The first-order chi connectivity index (χ1) is 16.7. The Balaban J connectivity index is 1.63. The van der Waals surface area contributed by atoms with E-state index < -0.39 is 17.2 Å². The van der Waals surface area contributed by atoms with Gasteiger partial charge in [0.15, 0.2) is 11.0 Å². The second-order valence-corrected chi connectivity index (χ2v) is 10.2. The summed E-state index contributed by atoms with van der Waals surface area (Å²) in [4.78, 5) is 25.1. The highest BCUT2D eigenvalue weighted by Crippen LogP contribution is 2.24. The van der Waals surface area contributed by atoms with Crippen LogP contribution in [0.15, 0.2) is 53.7 Å². The summed E-state index contributed by atoms with van der Waals surface area (Å²) < 4.78 is 7.86. The summed E-state index contributed by atoms with van der Waals surface area (Å²) in [5.74, 6) is 1.53. The van der Waals surface area contributed by atoms with Crippen LogP contribution in [0.1, 0.15) is 44.1 Å². The molecule has 0 spiro atoms. The quantitative estimate of drug-likeness (QED) is 0.368. The van der Waals surface area contributed by atoms with E-state index in [1.54, 1.807) is 6.92 Å². The minimum Gasteiger partial charge on any atom is -0.486 e. The van der Waals surface area contributed by atoms with Gasteiger partial charge in [0.05, 0.1) is 5.25 Å². The molecule has 0 saturated heterocycles. The Kier molecular flexibility index (Phi) is 9.31. The smallest absolute Gasteiger partial charge is 0.325 e. The van der Waals surface area contributed by atoms with Crippen LogP contribution in [-0.2, 0) is 17.9 Å². The molecule has 1 heterocycles. The molecular formula is C26H33N5O3S. The molecule has 186 valence electrons. The van der Waals surface area contributed by atoms with Gasteiger partial charge in [0.1, 0.15) is 12.4 Å². The average Bonchev–Trinajstić information content (AvgIpc) is 3.19. The highest BCUT2D eigenvalue weighted by molar-refractivity contribution is 8.00. The third-order valence-corrected chi connectivity index (χ3v) is 6.43. The zero-order valence-corrected chi connectivity index (χ0v) is 21.7. The summed E-state index contributed by atoms with van der Waals surface area (Å²) in [6.45, 7) is 10.9. The van der Waals surface area contributed by atoms with Crippen LogP contribution >= 0.6 is 11.8 Å². The lowest BCUT2D eigenvalue weighted by molar-refractivity contribution is -0.119. The number of carbonyl (C=O) groups excluding carboxylic acids is 2. The molecular weight excluding hydrogens is 462 g/mol. The first-order valence-corrected chi connectivity index (χ1v) is 12.6. The van der Waals surface area contributed by atoms with E-state index in [1.165, 1.54) is 11.8 Å². The lowest BCUT2D eigenvalue weighted by Gasteiger charge is -2.15. The molecule has 3 aromatic rings. The molecule has 0 fully saturated rings. The number of aryl methyl sites for hydroxylation is 2. The maximum atomic E-state index is 12.7. The number of thioether (sulfide) groups is 1. The number of rotatable bonds is 10. The molecule has 2 N–H and O–H groups in total. The summed E-state index contributed by atoms with van der Waals surface area (Å²) in [6, 6.07) is 14.7. The minimum absolute atomic E-state index is 0.272. The molecule has 9 heteroatoms. The second kappa shape index (κ2) is 12.4. The van der Waals surface area contributed by atoms with Crippen LogP contribution in [0.5, 0.6) is 5.75 Å². The van der Waals surface area contributed by atoms with Crippen LogP contribution < -0.4 is 15.4 Å². The summed E-state index contributed by atoms with van der Waals surface area (Å²) in [6.07, 6.45) is 0.933. The van der Waals surface area contributed by atoms with Crippen LogP contribution in [0.3, 0.4) is 0 Å². The summed E-state index contributed by atoms with van der Waals surface area (Å²) in [7, 11) is 0. The number of carbonyl (C=O) groups is 2. The SMILES string of the molecule is Cc1ccc(NC(=O)NC(=O)C(C)Sc2nnc(COc3ccccc3)n2CCC(C)C)c(C)c1. The standard InChI is InChI=1S/C26H33N5O3S/c1-17(2)13-14-31-23(16-34-21-9-7-6-8-10-21)29-30-26(31)35-20(5)24(32)28-25(33)27-22-12-11-18(3)15-19(22)4/h6-12,15,17,20H,13-14,16H2,1-5H3,(H2,27,28,32,33). The number of aromatic nitrogens is 3. The molecule has 2 aromatic carbocycles. The number of imide groups is 1. The van der Waals surface area contributed by atoms with Crippen molar-refractivity contribution in [1.82, 2.24) is 20.1 Å². The predicted octanol–water partition coefficient (Wildman–Crippen LogP) is 5.35. The lowest BCUT2D eigenvalue weighted by Crippen LogP contribution is -2.39. The van der Waals surface area contributed by atoms with Gasteiger partial charge in [-0.3, -0.25) is 10.1 Å². The molecule has 1 unspecified atom stereocenters. The van der Waals surface area contributed by atoms with Gasteiger partial charge in [-0.25, -0.2) is 4.79 Å². The molecule has 3 amide bonds. The van der Waals surface area contributed by atoms with E-state index >= 15 is 0 Å². The normalized spacial score (nSPS) is 11.8. The first-order valence-electron chi connectivity index (χ1n) is 11.7. The average molecular weight is 496 g/mol. The molecule has 0 aliphatic heterocycles. The summed E-state index contributed by atoms with van der Waals surface area (Å²) in [5.41, 5.74) is 2.70. The van der Waals surface area contributed by atoms with Crippen molar-refractivity contribution in [3.8, 4) is 5.75 Å². The van der Waals surface area contributed by atoms with Gasteiger partial charge in [-0.2, -0.15) is 0 Å². The molecule has 0 bridgehead atoms. The summed E-state index contributed by atoms with van der Waals surface area (Å²) in [5, 5.41) is 13.9. The van der Waals surface area contributed by atoms with Crippen LogP contribution in [0, 0.1) is 19.8 Å². The molecule has 1 aromatic heterocycles. The van der Waals surface area contributed by atoms with Crippen LogP contribution in [0.25, 0.3) is 0 Å². The number of nitrogens with one attached hydrogen (secondary N) is 2. The van der Waals surface area contributed by atoms with Crippen molar-refractivity contribution in [2.45, 2.75) is 64.6 Å². The van der Waals surface area contributed by atoms with Gasteiger partial charge < -0.3 is 14.6 Å². The number of nitrogens with zero attached hydrogens (tertiary/aromatic N) is 3. The number of anilines is 1. The molecule has 0 saturated carbocycles. The van der Waals surface area contributed by atoms with Gasteiger partial charge in [0.25, 0.3) is 0 Å². The molecule has 1 atom stereocenters. The van der Waals surface area contributed by atoms with Crippen molar-refractivity contribution in [2.24, 2.45) is 5.92 Å². The summed E-state index contributed by atoms with van der Waals surface area (Å²) >= 11 is 1.27. The topological polar surface area (TPSA) is 98.1 Å². The van der Waals surface area contributed by atoms with Gasteiger partial charge in [0, 0.05) is 12.2 Å². The maximum absolute atomic E-state index is 12.7. The zero-order chi connectivity index (χ0) is 25.4. The third-order valence-electron chi connectivity index (χ3n) is 5.35. The fraction of sp³-hybridized carbons (Fsp3) is 0.385. The van der Waals surface area contributed by atoms with Crippen molar-refractivity contribution in [1.29, 1.82) is 0 Å². The fourth-order valence-corrected chi connectivity index (χ4v) is 4.22. The van der Waals surface area contributed by atoms with Gasteiger partial charge in [-0.1, -0.05) is 61.5 Å². The van der Waals surface area contributed by atoms with Gasteiger partial charge in [-0.05, 0) is 56.9 Å². The Morgan fingerprint density at radius 2 is 1.80 bits per heavy atom. The minimum atomic E-state index is -0.562. The fourth-order valence-electron chi connectivity index (χ4n) is 3.32. The number of hydrogen-bond acceptors (Lipinski definition) is 6. The molecule has 0 aliphatic carbocycles. The van der Waals surface area contributed by atoms with Crippen LogP contribution in [0.4, 0.5) is 10.5 Å². The highest BCUT2D eigenvalue weighted by Gasteiger charge is 2.22. The van der Waals surface area contributed by atoms with Crippen molar-refractivity contribution >= 4 is 29.4 Å². The van der Waals surface area contributed by atoms with Crippen molar-refractivity contribution in [3.05, 3.63) is 65.5 Å². The van der Waals surface area contributed by atoms with E-state index in [9.17, 15) is 9.59 Å². The number of urea groups is 1. The second-order valence-electron chi connectivity index (χ2n) is 8.86. The van der Waals surface area contributed by atoms with Gasteiger partial charge in [-0.15, -0.1) is 10.2 Å². The Bertz CT molecular complexity index is 1150. The molecule has 35 heavy (non-hydrogen) atoms. The Morgan fingerprint density at radius 1 is 1.06 bits per heavy atom. The Labute approximate surface area is 210 Å². The van der Waals surface area contributed by atoms with E-state index in [0.29, 0.717) is 29.1 Å².